The first kappa shape index (κ1) is 17.4. The van der Waals surface area contributed by atoms with Crippen LogP contribution in [0.2, 0.25) is 5.15 Å². The first-order valence-corrected chi connectivity index (χ1v) is 8.14. The van der Waals surface area contributed by atoms with Crippen molar-refractivity contribution in [1.82, 2.24) is 9.88 Å². The Labute approximate surface area is 148 Å². The second-order valence-electron chi connectivity index (χ2n) is 5.55. The Bertz CT molecular complexity index is 767. The molecule has 0 N–H and O–H groups in total. The van der Waals surface area contributed by atoms with E-state index in [-0.39, 0.29) is 18.3 Å². The van der Waals surface area contributed by atoms with Crippen LogP contribution in [0.1, 0.15) is 0 Å². The van der Waals surface area contributed by atoms with Gasteiger partial charge in [-0.05, 0) is 24.3 Å². The number of pyridine rings is 1. The molecule has 132 valence electrons. The standard InChI is InChI=1S/C17H16ClF2N3O2/c18-15-2-1-3-16(21-15)22-6-8-23(9-7-22)17(24)11-25-14-5-4-12(19)10-13(14)20/h1-5,10H,6-9,11H2. The summed E-state index contributed by atoms with van der Waals surface area (Å²) in [5, 5.41) is 0.422. The van der Waals surface area contributed by atoms with Gasteiger partial charge in [0.25, 0.3) is 5.91 Å². The van der Waals surface area contributed by atoms with E-state index in [4.69, 9.17) is 16.3 Å². The van der Waals surface area contributed by atoms with Crippen molar-refractivity contribution in [2.45, 2.75) is 0 Å². The normalized spacial score (nSPS) is 14.5. The number of ether oxygens (including phenoxy) is 1. The van der Waals surface area contributed by atoms with Gasteiger partial charge in [-0.1, -0.05) is 17.7 Å². The van der Waals surface area contributed by atoms with Gasteiger partial charge in [-0.2, -0.15) is 0 Å². The molecule has 1 aromatic carbocycles. The third-order valence-corrected chi connectivity index (χ3v) is 4.11. The summed E-state index contributed by atoms with van der Waals surface area (Å²) >= 11 is 5.89. The number of benzene rings is 1. The van der Waals surface area contributed by atoms with Gasteiger partial charge in [-0.3, -0.25) is 4.79 Å². The van der Waals surface area contributed by atoms with Gasteiger partial charge in [0.1, 0.15) is 16.8 Å². The van der Waals surface area contributed by atoms with Crippen LogP contribution in [-0.2, 0) is 4.79 Å². The summed E-state index contributed by atoms with van der Waals surface area (Å²) in [6.45, 7) is 1.94. The van der Waals surface area contributed by atoms with Crippen LogP contribution in [0.5, 0.6) is 5.75 Å². The van der Waals surface area contributed by atoms with Crippen LogP contribution < -0.4 is 9.64 Å². The molecule has 1 aliphatic rings. The summed E-state index contributed by atoms with van der Waals surface area (Å²) in [5.74, 6) is -1.14. The lowest BCUT2D eigenvalue weighted by molar-refractivity contribution is -0.133. The molecule has 1 amide bonds. The zero-order valence-corrected chi connectivity index (χ0v) is 14.0. The monoisotopic (exact) mass is 367 g/mol. The quantitative estimate of drug-likeness (QED) is 0.780. The smallest absolute Gasteiger partial charge is 0.260 e. The van der Waals surface area contributed by atoms with E-state index in [0.29, 0.717) is 31.3 Å². The number of hydrogen-bond acceptors (Lipinski definition) is 4. The zero-order chi connectivity index (χ0) is 17.8. The van der Waals surface area contributed by atoms with Gasteiger partial charge in [0.2, 0.25) is 0 Å². The van der Waals surface area contributed by atoms with Crippen LogP contribution >= 0.6 is 11.6 Å². The Hall–Kier alpha value is -2.41. The van der Waals surface area contributed by atoms with Crippen molar-refractivity contribution in [1.29, 1.82) is 0 Å². The minimum atomic E-state index is -0.829. The number of carbonyl (C=O) groups excluding carboxylic acids is 1. The highest BCUT2D eigenvalue weighted by atomic mass is 35.5. The highest BCUT2D eigenvalue weighted by Crippen LogP contribution is 2.19. The fourth-order valence-corrected chi connectivity index (χ4v) is 2.74. The van der Waals surface area contributed by atoms with Crippen molar-refractivity contribution in [3.05, 3.63) is 53.2 Å². The third kappa shape index (κ3) is 4.36. The first-order valence-electron chi connectivity index (χ1n) is 7.76. The van der Waals surface area contributed by atoms with Crippen molar-refractivity contribution >= 4 is 23.3 Å². The maximum absolute atomic E-state index is 13.5. The summed E-state index contributed by atoms with van der Waals surface area (Å²) in [4.78, 5) is 20.1. The molecule has 25 heavy (non-hydrogen) atoms. The maximum atomic E-state index is 13.5. The maximum Gasteiger partial charge on any atom is 0.260 e. The third-order valence-electron chi connectivity index (χ3n) is 3.90. The SMILES string of the molecule is O=C(COc1ccc(F)cc1F)N1CCN(c2cccc(Cl)n2)CC1. The number of piperazine rings is 1. The molecule has 1 saturated heterocycles. The second-order valence-corrected chi connectivity index (χ2v) is 5.94. The molecule has 0 aliphatic carbocycles. The number of rotatable bonds is 4. The number of amides is 1. The molecule has 1 aliphatic heterocycles. The van der Waals surface area contributed by atoms with Gasteiger partial charge in [0.15, 0.2) is 18.2 Å². The molecule has 0 saturated carbocycles. The first-order chi connectivity index (χ1) is 12.0. The van der Waals surface area contributed by atoms with E-state index >= 15 is 0 Å². The second kappa shape index (κ2) is 7.65. The van der Waals surface area contributed by atoms with E-state index in [2.05, 4.69) is 4.98 Å². The number of carbonyl (C=O) groups is 1. The van der Waals surface area contributed by atoms with Gasteiger partial charge in [-0.15, -0.1) is 0 Å². The molecule has 0 atom stereocenters. The van der Waals surface area contributed by atoms with E-state index in [0.717, 1.165) is 18.0 Å². The Morgan fingerprint density at radius 2 is 1.92 bits per heavy atom. The lowest BCUT2D eigenvalue weighted by atomic mass is 10.3. The topological polar surface area (TPSA) is 45.7 Å². The largest absolute Gasteiger partial charge is 0.481 e. The van der Waals surface area contributed by atoms with Gasteiger partial charge < -0.3 is 14.5 Å². The van der Waals surface area contributed by atoms with Crippen molar-refractivity contribution in [3.8, 4) is 5.75 Å². The molecule has 0 radical (unpaired) electrons. The number of anilines is 1. The minimum absolute atomic E-state index is 0.142. The molecule has 5 nitrogen and oxygen atoms in total. The Kier molecular flexibility index (Phi) is 5.33. The number of halogens is 3. The van der Waals surface area contributed by atoms with Crippen LogP contribution in [0.4, 0.5) is 14.6 Å². The van der Waals surface area contributed by atoms with E-state index in [1.165, 1.54) is 6.07 Å². The van der Waals surface area contributed by atoms with Crippen LogP contribution in [0.3, 0.4) is 0 Å². The molecule has 1 aromatic heterocycles. The van der Waals surface area contributed by atoms with Gasteiger partial charge >= 0.3 is 0 Å². The van der Waals surface area contributed by atoms with Gasteiger partial charge in [0, 0.05) is 32.2 Å². The van der Waals surface area contributed by atoms with Crippen molar-refractivity contribution in [2.75, 3.05) is 37.7 Å². The van der Waals surface area contributed by atoms with Crippen LogP contribution in [0, 0.1) is 11.6 Å². The molecule has 0 unspecified atom stereocenters. The lowest BCUT2D eigenvalue weighted by Crippen LogP contribution is -2.50. The highest BCUT2D eigenvalue weighted by molar-refractivity contribution is 6.29. The molecule has 8 heteroatoms. The van der Waals surface area contributed by atoms with Crippen molar-refractivity contribution in [2.24, 2.45) is 0 Å². The predicted molar refractivity (Wildman–Crippen MR) is 89.9 cm³/mol. The fraction of sp³-hybridized carbons (Fsp3) is 0.294. The molecule has 0 bridgehead atoms. The average Bonchev–Trinajstić information content (AvgIpc) is 2.61. The molecular weight excluding hydrogens is 352 g/mol. The highest BCUT2D eigenvalue weighted by Gasteiger charge is 2.22. The molecule has 2 aromatic rings. The van der Waals surface area contributed by atoms with Crippen molar-refractivity contribution in [3.63, 3.8) is 0 Å². The summed E-state index contributed by atoms with van der Waals surface area (Å²) in [6, 6.07) is 8.37. The lowest BCUT2D eigenvalue weighted by Gasteiger charge is -2.35. The van der Waals surface area contributed by atoms with Gasteiger partial charge in [0.05, 0.1) is 0 Å². The Morgan fingerprint density at radius 3 is 2.60 bits per heavy atom. The fourth-order valence-electron chi connectivity index (χ4n) is 2.58. The molecule has 1 fully saturated rings. The average molecular weight is 368 g/mol. The summed E-state index contributed by atoms with van der Waals surface area (Å²) in [5.41, 5.74) is 0. The van der Waals surface area contributed by atoms with E-state index in [1.54, 1.807) is 11.0 Å². The Balaban J connectivity index is 1.51. The number of aromatic nitrogens is 1. The number of hydrogen-bond donors (Lipinski definition) is 0. The Morgan fingerprint density at radius 1 is 1.16 bits per heavy atom. The van der Waals surface area contributed by atoms with Crippen LogP contribution in [0.25, 0.3) is 0 Å². The molecule has 2 heterocycles. The minimum Gasteiger partial charge on any atom is -0.481 e. The van der Waals surface area contributed by atoms with E-state index in [9.17, 15) is 13.6 Å². The van der Waals surface area contributed by atoms with Gasteiger partial charge in [-0.25, -0.2) is 13.8 Å². The zero-order valence-electron chi connectivity index (χ0n) is 13.3. The summed E-state index contributed by atoms with van der Waals surface area (Å²) in [6.07, 6.45) is 0. The molecule has 0 spiro atoms. The van der Waals surface area contributed by atoms with E-state index in [1.807, 2.05) is 17.0 Å². The molecule has 3 rings (SSSR count). The summed E-state index contributed by atoms with van der Waals surface area (Å²) in [7, 11) is 0. The van der Waals surface area contributed by atoms with Crippen LogP contribution in [-0.4, -0.2) is 48.6 Å². The van der Waals surface area contributed by atoms with E-state index < -0.39 is 11.6 Å². The summed E-state index contributed by atoms with van der Waals surface area (Å²) < 4.78 is 31.5. The van der Waals surface area contributed by atoms with Crippen molar-refractivity contribution < 1.29 is 18.3 Å². The molecular formula is C17H16ClF2N3O2. The number of nitrogens with zero attached hydrogens (tertiary/aromatic N) is 3. The van der Waals surface area contributed by atoms with Crippen LogP contribution in [0.15, 0.2) is 36.4 Å². The predicted octanol–water partition coefficient (Wildman–Crippen LogP) is 2.74.